The van der Waals surface area contributed by atoms with E-state index in [1.54, 1.807) is 6.20 Å². The zero-order chi connectivity index (χ0) is 30.4. The summed E-state index contributed by atoms with van der Waals surface area (Å²) < 4.78 is 22.9. The molecule has 1 aliphatic rings. The summed E-state index contributed by atoms with van der Waals surface area (Å²) in [6, 6.07) is 1.50. The predicted molar refractivity (Wildman–Crippen MR) is 171 cm³/mol. The van der Waals surface area contributed by atoms with Gasteiger partial charge in [-0.15, -0.1) is 0 Å². The molecule has 1 aliphatic heterocycles. The lowest BCUT2D eigenvalue weighted by Crippen LogP contribution is -2.51. The van der Waals surface area contributed by atoms with E-state index in [0.29, 0.717) is 11.8 Å². The molecule has 1 aromatic rings. The van der Waals surface area contributed by atoms with Crippen LogP contribution in [-0.2, 0) is 13.6 Å². The summed E-state index contributed by atoms with van der Waals surface area (Å²) in [5.41, 5.74) is -0.263. The highest BCUT2D eigenvalue weighted by Gasteiger charge is 2.54. The van der Waals surface area contributed by atoms with Crippen molar-refractivity contribution in [1.82, 2.24) is 9.55 Å². The molecule has 2 heterocycles. The van der Waals surface area contributed by atoms with Crippen LogP contribution in [0.15, 0.2) is 22.2 Å². The van der Waals surface area contributed by atoms with Gasteiger partial charge in [0.25, 0.3) is 5.56 Å². The zero-order valence-corrected chi connectivity index (χ0v) is 31.1. The molecule has 1 unspecified atom stereocenters. The smallest absolute Gasteiger partial charge is 0.273 e. The van der Waals surface area contributed by atoms with Crippen molar-refractivity contribution in [3.05, 3.63) is 22.6 Å². The number of hydrogen-bond donors (Lipinski definition) is 1. The fourth-order valence-electron chi connectivity index (χ4n) is 4.19. The zero-order valence-electron chi connectivity index (χ0n) is 27.3. The van der Waals surface area contributed by atoms with Crippen molar-refractivity contribution in [2.75, 3.05) is 12.9 Å². The third-order valence-corrected chi connectivity index (χ3v) is 22.9. The van der Waals surface area contributed by atoms with Crippen molar-refractivity contribution >= 4 is 36.7 Å². The van der Waals surface area contributed by atoms with Gasteiger partial charge in [-0.1, -0.05) is 67.2 Å². The Balaban J connectivity index is 2.68. The van der Waals surface area contributed by atoms with E-state index in [-0.39, 0.29) is 45.0 Å². The van der Waals surface area contributed by atoms with Gasteiger partial charge in [-0.3, -0.25) is 4.79 Å². The van der Waals surface area contributed by atoms with Crippen LogP contribution in [0.4, 0.5) is 0 Å². The van der Waals surface area contributed by atoms with Gasteiger partial charge in [-0.25, -0.2) is 0 Å². The Kier molecular flexibility index (Phi) is 10.5. The third-order valence-electron chi connectivity index (χ3n) is 9.78. The fourth-order valence-corrected chi connectivity index (χ4v) is 7.85. The van der Waals surface area contributed by atoms with E-state index >= 15 is 0 Å². The van der Waals surface area contributed by atoms with E-state index in [9.17, 15) is 9.59 Å². The second kappa shape index (κ2) is 11.8. The first-order valence-corrected chi connectivity index (χ1v) is 24.2. The molecule has 1 fully saturated rings. The molecule has 0 radical (unpaired) electrons. The number of nitrogens with zero attached hydrogens (tertiary/aromatic N) is 2. The van der Waals surface area contributed by atoms with Crippen molar-refractivity contribution in [1.29, 1.82) is 0 Å². The molecule has 0 bridgehead atoms. The van der Waals surface area contributed by atoms with E-state index < -0.39 is 25.0 Å². The maximum absolute atomic E-state index is 12.2. The first kappa shape index (κ1) is 34.9. The molecule has 0 saturated carbocycles. The Morgan fingerprint density at radius 2 is 1.54 bits per heavy atom. The SMILES string of the molecule is CSc1nc(=O)ccn1[C@@H]1O[C@H](CO[Si](C)(C)C(C)(C)C)C(O[Si](C)(C)C(C)(C)C)[C@@H]1CC(C)(C)[Si](C)(C)O. The first-order valence-electron chi connectivity index (χ1n) is 14.2. The highest BCUT2D eigenvalue weighted by Crippen LogP contribution is 2.52. The lowest BCUT2D eigenvalue weighted by atomic mass is 9.89. The minimum absolute atomic E-state index is 0.0182. The second-order valence-electron chi connectivity index (χ2n) is 15.4. The summed E-state index contributed by atoms with van der Waals surface area (Å²) >= 11 is 1.44. The minimum atomic E-state index is -2.54. The van der Waals surface area contributed by atoms with Gasteiger partial charge < -0.3 is 23.0 Å². The van der Waals surface area contributed by atoms with Crippen LogP contribution in [0, 0.1) is 5.92 Å². The molecule has 7 nitrogen and oxygen atoms in total. The minimum Gasteiger partial charge on any atom is -0.432 e. The van der Waals surface area contributed by atoms with E-state index in [0.717, 1.165) is 6.42 Å². The highest BCUT2D eigenvalue weighted by molar-refractivity contribution is 7.98. The van der Waals surface area contributed by atoms with Crippen LogP contribution < -0.4 is 5.56 Å². The van der Waals surface area contributed by atoms with E-state index in [1.165, 1.54) is 17.8 Å². The predicted octanol–water partition coefficient (Wildman–Crippen LogP) is 7.26. The number of ether oxygens (including phenoxy) is 1. The van der Waals surface area contributed by atoms with Gasteiger partial charge in [0.05, 0.1) is 12.7 Å². The highest BCUT2D eigenvalue weighted by atomic mass is 32.2. The molecular weight excluding hydrogens is 561 g/mol. The average molecular weight is 617 g/mol. The van der Waals surface area contributed by atoms with Gasteiger partial charge in [0.2, 0.25) is 0 Å². The van der Waals surface area contributed by atoms with Crippen molar-refractivity contribution in [3.63, 3.8) is 0 Å². The van der Waals surface area contributed by atoms with Crippen LogP contribution in [0.3, 0.4) is 0 Å². The summed E-state index contributed by atoms with van der Waals surface area (Å²) in [5.74, 6) is -0.0590. The summed E-state index contributed by atoms with van der Waals surface area (Å²) in [6.07, 6.45) is 3.57. The lowest BCUT2D eigenvalue weighted by molar-refractivity contribution is -0.0470. The molecule has 1 aromatic heterocycles. The second-order valence-corrected chi connectivity index (χ2v) is 30.3. The summed E-state index contributed by atoms with van der Waals surface area (Å²) in [5, 5.41) is 0.413. The van der Waals surface area contributed by atoms with Crippen LogP contribution in [0.25, 0.3) is 0 Å². The summed E-state index contributed by atoms with van der Waals surface area (Å²) in [4.78, 5) is 27.7. The third kappa shape index (κ3) is 7.97. The Hall–Kier alpha value is -0.279. The van der Waals surface area contributed by atoms with Gasteiger partial charge >= 0.3 is 0 Å². The first-order chi connectivity index (χ1) is 17.3. The van der Waals surface area contributed by atoms with E-state index in [2.05, 4.69) is 86.6 Å². The maximum atomic E-state index is 12.2. The molecule has 2 rings (SSSR count). The van der Waals surface area contributed by atoms with Crippen molar-refractivity contribution in [2.45, 2.75) is 140 Å². The topological polar surface area (TPSA) is 82.8 Å². The normalized spacial score (nSPS) is 23.9. The number of aromatic nitrogens is 2. The Morgan fingerprint density at radius 3 is 2.00 bits per heavy atom. The molecule has 1 N–H and O–H groups in total. The average Bonchev–Trinajstić information content (AvgIpc) is 3.05. The van der Waals surface area contributed by atoms with Gasteiger partial charge in [0.1, 0.15) is 12.3 Å². The fraction of sp³-hybridized carbons (Fsp3) is 0.857. The Labute approximate surface area is 245 Å². The van der Waals surface area contributed by atoms with Crippen molar-refractivity contribution in [2.24, 2.45) is 5.92 Å². The molecule has 4 atom stereocenters. The van der Waals surface area contributed by atoms with E-state index in [1.807, 2.05) is 23.9 Å². The van der Waals surface area contributed by atoms with Crippen LogP contribution in [0.2, 0.25) is 54.4 Å². The molecule has 226 valence electrons. The summed E-state index contributed by atoms with van der Waals surface area (Å²) in [6.45, 7) is 31.4. The van der Waals surface area contributed by atoms with Gasteiger partial charge in [-0.05, 0) is 67.1 Å². The Morgan fingerprint density at radius 1 is 1.00 bits per heavy atom. The molecule has 11 heteroatoms. The summed E-state index contributed by atoms with van der Waals surface area (Å²) in [7, 11) is -6.79. The number of rotatable bonds is 10. The number of thioether (sulfide) groups is 1. The molecule has 0 spiro atoms. The van der Waals surface area contributed by atoms with Crippen LogP contribution in [-0.4, -0.2) is 64.4 Å². The van der Waals surface area contributed by atoms with Crippen LogP contribution in [0.1, 0.15) is 68.0 Å². The molecular formula is C28H56N2O5SSi3. The molecule has 1 saturated heterocycles. The largest absolute Gasteiger partial charge is 0.432 e. The van der Waals surface area contributed by atoms with Crippen molar-refractivity contribution in [3.8, 4) is 0 Å². The molecule has 0 amide bonds. The molecule has 0 aromatic carbocycles. The quantitative estimate of drug-likeness (QED) is 0.168. The Bertz CT molecular complexity index is 1040. The van der Waals surface area contributed by atoms with Crippen LogP contribution in [0.5, 0.6) is 0 Å². The van der Waals surface area contributed by atoms with Crippen LogP contribution >= 0.6 is 11.8 Å². The van der Waals surface area contributed by atoms with Crippen molar-refractivity contribution < 1.29 is 18.4 Å². The van der Waals surface area contributed by atoms with Gasteiger partial charge in [-0.2, -0.15) is 4.98 Å². The van der Waals surface area contributed by atoms with Gasteiger partial charge in [0.15, 0.2) is 30.1 Å². The monoisotopic (exact) mass is 616 g/mol. The standard InChI is InChI=1S/C28H56N2O5SSi3/c1-26(2,3)38(12,13)33-19-21-23(35-39(14,15)27(4,5)6)20(18-28(7,8)37(10,11)32)24(34-21)30-17-16-22(31)29-25(30)36-9/h16-17,20-21,23-24,32H,18-19H2,1-15H3/t20-,21+,23?,24+/m0/s1. The maximum Gasteiger partial charge on any atom is 0.273 e. The lowest BCUT2D eigenvalue weighted by Gasteiger charge is -2.44. The van der Waals surface area contributed by atoms with Gasteiger partial charge in [0, 0.05) is 18.2 Å². The van der Waals surface area contributed by atoms with E-state index in [4.69, 9.17) is 13.6 Å². The number of hydrogen-bond acceptors (Lipinski definition) is 7. The molecule has 39 heavy (non-hydrogen) atoms. The molecule has 0 aliphatic carbocycles.